The third kappa shape index (κ3) is 7.30. The highest BCUT2D eigenvalue weighted by molar-refractivity contribution is 6.14. The molecule has 0 amide bonds. The molecule has 1 atom stereocenters. The lowest BCUT2D eigenvalue weighted by molar-refractivity contribution is -0.162. The second kappa shape index (κ2) is 9.71. The van der Waals surface area contributed by atoms with Gasteiger partial charge in [0.1, 0.15) is 0 Å². The van der Waals surface area contributed by atoms with Gasteiger partial charge in [0.05, 0.1) is 13.0 Å². The molecule has 0 spiro atoms. The predicted molar refractivity (Wildman–Crippen MR) is 68.0 cm³/mol. The average molecular weight is 286 g/mol. The van der Waals surface area contributed by atoms with E-state index in [0.29, 0.717) is 6.42 Å². The van der Waals surface area contributed by atoms with Crippen LogP contribution >= 0.6 is 0 Å². The Balaban J connectivity index is 4.39. The molecule has 7 heteroatoms. The van der Waals surface area contributed by atoms with E-state index in [2.05, 4.69) is 0 Å². The molecule has 7 nitrogen and oxygen atoms in total. The second-order valence-electron chi connectivity index (χ2n) is 3.97. The van der Waals surface area contributed by atoms with Gasteiger partial charge < -0.3 is 14.9 Å². The van der Waals surface area contributed by atoms with Gasteiger partial charge in [-0.2, -0.15) is 0 Å². The summed E-state index contributed by atoms with van der Waals surface area (Å²) < 4.78 is 4.70. The molecule has 0 saturated carbocycles. The molecule has 0 bridgehead atoms. The monoisotopic (exact) mass is 286 g/mol. The number of carboxylic acid groups (broad SMARTS) is 2. The highest BCUT2D eigenvalue weighted by atomic mass is 16.5. The van der Waals surface area contributed by atoms with E-state index in [1.807, 2.05) is 13.0 Å². The highest BCUT2D eigenvalue weighted by Crippen LogP contribution is 2.08. The Labute approximate surface area is 116 Å². The third-order valence-electron chi connectivity index (χ3n) is 2.32. The molecule has 0 heterocycles. The molecular formula is C13H18O7. The molecule has 0 aliphatic rings. The Bertz CT molecular complexity index is 398. The van der Waals surface area contributed by atoms with Crippen molar-refractivity contribution in [1.29, 1.82) is 0 Å². The van der Waals surface area contributed by atoms with Crippen molar-refractivity contribution in [1.82, 2.24) is 0 Å². The number of ether oxygens (including phenoxy) is 1. The van der Waals surface area contributed by atoms with Gasteiger partial charge >= 0.3 is 17.9 Å². The molecule has 0 saturated heterocycles. The zero-order valence-electron chi connectivity index (χ0n) is 11.2. The van der Waals surface area contributed by atoms with Crippen LogP contribution in [0.2, 0.25) is 0 Å². The molecule has 1 unspecified atom stereocenters. The number of carbonyl (C=O) groups excluding carboxylic acids is 2. The third-order valence-corrected chi connectivity index (χ3v) is 2.32. The second-order valence-corrected chi connectivity index (χ2v) is 3.97. The lowest BCUT2D eigenvalue weighted by Gasteiger charge is -2.10. The number of carbonyl (C=O) groups is 4. The fraction of sp³-hybridized carbons (Fsp3) is 0.538. The average Bonchev–Trinajstić information content (AvgIpc) is 2.35. The first-order valence-electron chi connectivity index (χ1n) is 6.19. The zero-order chi connectivity index (χ0) is 15.5. The van der Waals surface area contributed by atoms with Crippen molar-refractivity contribution < 1.29 is 34.1 Å². The van der Waals surface area contributed by atoms with E-state index >= 15 is 0 Å². The molecule has 112 valence electrons. The number of allylic oxidation sites excluding steroid dienone is 1. The summed E-state index contributed by atoms with van der Waals surface area (Å²) in [7, 11) is 0. The quantitative estimate of drug-likeness (QED) is 0.266. The molecule has 0 rings (SSSR count). The molecular weight excluding hydrogens is 268 g/mol. The van der Waals surface area contributed by atoms with Crippen molar-refractivity contribution in [3.05, 3.63) is 12.2 Å². The SMILES string of the molecule is CC/C=C/CCOC(=O)C(C(=O)O)C(=O)CCC(=O)O. The van der Waals surface area contributed by atoms with E-state index in [4.69, 9.17) is 14.9 Å². The van der Waals surface area contributed by atoms with Gasteiger partial charge in [0.2, 0.25) is 5.92 Å². The van der Waals surface area contributed by atoms with Crippen LogP contribution in [0.15, 0.2) is 12.2 Å². The molecule has 0 fully saturated rings. The van der Waals surface area contributed by atoms with Gasteiger partial charge in [0, 0.05) is 6.42 Å². The Morgan fingerprint density at radius 3 is 2.25 bits per heavy atom. The van der Waals surface area contributed by atoms with Gasteiger partial charge in [-0.15, -0.1) is 0 Å². The molecule has 0 aliphatic carbocycles. The number of aliphatic carboxylic acids is 2. The van der Waals surface area contributed by atoms with Crippen LogP contribution in [0.1, 0.15) is 32.6 Å². The Kier molecular flexibility index (Phi) is 8.65. The number of carboxylic acids is 2. The number of hydrogen-bond acceptors (Lipinski definition) is 5. The van der Waals surface area contributed by atoms with E-state index in [-0.39, 0.29) is 6.61 Å². The summed E-state index contributed by atoms with van der Waals surface area (Å²) in [4.78, 5) is 44.2. The summed E-state index contributed by atoms with van der Waals surface area (Å²) in [5, 5.41) is 17.3. The minimum absolute atomic E-state index is 0.0225. The van der Waals surface area contributed by atoms with Crippen molar-refractivity contribution in [3.63, 3.8) is 0 Å². The first kappa shape index (κ1) is 17.8. The number of ketones is 1. The minimum atomic E-state index is -1.95. The summed E-state index contributed by atoms with van der Waals surface area (Å²) in [5.41, 5.74) is 0. The lowest BCUT2D eigenvalue weighted by Crippen LogP contribution is -2.33. The first-order chi connectivity index (χ1) is 9.40. The molecule has 0 aromatic rings. The van der Waals surface area contributed by atoms with Crippen LogP contribution in [0, 0.1) is 5.92 Å². The maximum Gasteiger partial charge on any atom is 0.328 e. The van der Waals surface area contributed by atoms with Gasteiger partial charge in [-0.1, -0.05) is 19.1 Å². The normalized spacial score (nSPS) is 12.1. The summed E-state index contributed by atoms with van der Waals surface area (Å²) in [6.45, 7) is 1.91. The smallest absolute Gasteiger partial charge is 0.328 e. The van der Waals surface area contributed by atoms with E-state index in [9.17, 15) is 19.2 Å². The van der Waals surface area contributed by atoms with Crippen LogP contribution in [0.3, 0.4) is 0 Å². The van der Waals surface area contributed by atoms with Crippen LogP contribution in [0.4, 0.5) is 0 Å². The number of Topliss-reactive ketones (excluding diaryl/α,β-unsaturated/α-hetero) is 1. The van der Waals surface area contributed by atoms with E-state index in [1.54, 1.807) is 6.08 Å². The number of esters is 1. The Morgan fingerprint density at radius 2 is 1.75 bits per heavy atom. The summed E-state index contributed by atoms with van der Waals surface area (Å²) >= 11 is 0. The topological polar surface area (TPSA) is 118 Å². The lowest BCUT2D eigenvalue weighted by atomic mass is 10.0. The molecule has 0 aromatic carbocycles. The predicted octanol–water partition coefficient (Wildman–Crippen LogP) is 1.02. The molecule has 0 radical (unpaired) electrons. The van der Waals surface area contributed by atoms with Crippen molar-refractivity contribution in [2.24, 2.45) is 5.92 Å². The molecule has 0 aliphatic heterocycles. The largest absolute Gasteiger partial charge is 0.481 e. The number of rotatable bonds is 10. The van der Waals surface area contributed by atoms with Crippen molar-refractivity contribution in [3.8, 4) is 0 Å². The zero-order valence-corrected chi connectivity index (χ0v) is 11.2. The van der Waals surface area contributed by atoms with Crippen LogP contribution < -0.4 is 0 Å². The summed E-state index contributed by atoms with van der Waals surface area (Å²) in [6.07, 6.45) is 3.86. The maximum atomic E-state index is 11.5. The van der Waals surface area contributed by atoms with Gasteiger partial charge in [-0.3, -0.25) is 19.2 Å². The fourth-order valence-corrected chi connectivity index (χ4v) is 1.34. The maximum absolute atomic E-state index is 11.5. The van der Waals surface area contributed by atoms with Crippen molar-refractivity contribution in [2.45, 2.75) is 32.6 Å². The van der Waals surface area contributed by atoms with Crippen LogP contribution in [-0.4, -0.2) is 40.5 Å². The Morgan fingerprint density at radius 1 is 1.10 bits per heavy atom. The fourth-order valence-electron chi connectivity index (χ4n) is 1.34. The van der Waals surface area contributed by atoms with Gasteiger partial charge in [-0.05, 0) is 12.8 Å². The van der Waals surface area contributed by atoms with E-state index in [0.717, 1.165) is 6.42 Å². The standard InChI is InChI=1S/C13H18O7/c1-2-3-4-5-8-20-13(19)11(12(17)18)9(14)6-7-10(15)16/h3-4,11H,2,5-8H2,1H3,(H,15,16)(H,17,18)/b4-3+. The molecule has 20 heavy (non-hydrogen) atoms. The van der Waals surface area contributed by atoms with E-state index in [1.165, 1.54) is 0 Å². The first-order valence-corrected chi connectivity index (χ1v) is 6.19. The summed E-state index contributed by atoms with van der Waals surface area (Å²) in [6, 6.07) is 0. The van der Waals surface area contributed by atoms with Gasteiger partial charge in [0.15, 0.2) is 5.78 Å². The van der Waals surface area contributed by atoms with Crippen molar-refractivity contribution >= 4 is 23.7 Å². The molecule has 0 aromatic heterocycles. The molecule has 2 N–H and O–H groups in total. The van der Waals surface area contributed by atoms with Gasteiger partial charge in [0.25, 0.3) is 0 Å². The van der Waals surface area contributed by atoms with Gasteiger partial charge in [-0.25, -0.2) is 0 Å². The highest BCUT2D eigenvalue weighted by Gasteiger charge is 2.35. The minimum Gasteiger partial charge on any atom is -0.481 e. The van der Waals surface area contributed by atoms with Crippen LogP contribution in [0.5, 0.6) is 0 Å². The Hall–Kier alpha value is -2.18. The van der Waals surface area contributed by atoms with Crippen LogP contribution in [0.25, 0.3) is 0 Å². The van der Waals surface area contributed by atoms with Crippen LogP contribution in [-0.2, 0) is 23.9 Å². The number of hydrogen-bond donors (Lipinski definition) is 2. The van der Waals surface area contributed by atoms with E-state index < -0.39 is 42.5 Å². The van der Waals surface area contributed by atoms with Crippen molar-refractivity contribution in [2.75, 3.05) is 6.61 Å². The summed E-state index contributed by atoms with van der Waals surface area (Å²) in [5.74, 6) is -6.94.